The zero-order valence-electron chi connectivity index (χ0n) is 10.5. The van der Waals surface area contributed by atoms with E-state index in [1.54, 1.807) is 26.0 Å². The Hall–Kier alpha value is -1.75. The van der Waals surface area contributed by atoms with Crippen LogP contribution in [0.2, 0.25) is 5.02 Å². The largest absolute Gasteiger partial charge is 0.478 e. The number of benzene rings is 1. The number of amides is 1. The average Bonchev–Trinajstić information content (AvgIpc) is 2.28. The van der Waals surface area contributed by atoms with Gasteiger partial charge in [0.2, 0.25) is 5.91 Å². The number of rotatable bonds is 4. The molecule has 1 aromatic rings. The SMILES string of the molecule is CN(C)C(=O)CN(C)c1cc(Cl)ccc1C(=O)O. The van der Waals surface area contributed by atoms with Crippen molar-refractivity contribution in [3.8, 4) is 0 Å². The first-order chi connectivity index (χ1) is 8.32. The van der Waals surface area contributed by atoms with E-state index in [9.17, 15) is 9.59 Å². The van der Waals surface area contributed by atoms with E-state index in [0.717, 1.165) is 0 Å². The van der Waals surface area contributed by atoms with Gasteiger partial charge in [-0.05, 0) is 18.2 Å². The van der Waals surface area contributed by atoms with E-state index < -0.39 is 5.97 Å². The maximum absolute atomic E-state index is 11.6. The van der Waals surface area contributed by atoms with Crippen LogP contribution in [-0.4, -0.2) is 49.6 Å². The molecule has 18 heavy (non-hydrogen) atoms. The Morgan fingerprint density at radius 1 is 1.28 bits per heavy atom. The second-order valence-electron chi connectivity index (χ2n) is 4.11. The quantitative estimate of drug-likeness (QED) is 0.902. The van der Waals surface area contributed by atoms with Gasteiger partial charge in [-0.1, -0.05) is 11.6 Å². The Morgan fingerprint density at radius 2 is 1.89 bits per heavy atom. The van der Waals surface area contributed by atoms with E-state index in [-0.39, 0.29) is 18.0 Å². The molecule has 0 radical (unpaired) electrons. The normalized spacial score (nSPS) is 10.0. The topological polar surface area (TPSA) is 60.9 Å². The van der Waals surface area contributed by atoms with Crippen molar-refractivity contribution in [2.75, 3.05) is 32.6 Å². The number of nitrogens with zero attached hydrogens (tertiary/aromatic N) is 2. The zero-order chi connectivity index (χ0) is 13.9. The number of hydrogen-bond donors (Lipinski definition) is 1. The van der Waals surface area contributed by atoms with Crippen LogP contribution in [0.4, 0.5) is 5.69 Å². The minimum atomic E-state index is -1.05. The van der Waals surface area contributed by atoms with E-state index >= 15 is 0 Å². The summed E-state index contributed by atoms with van der Waals surface area (Å²) in [6.45, 7) is 0.0909. The second kappa shape index (κ2) is 5.73. The van der Waals surface area contributed by atoms with Crippen molar-refractivity contribution in [1.82, 2.24) is 4.90 Å². The van der Waals surface area contributed by atoms with E-state index in [1.165, 1.54) is 23.1 Å². The van der Waals surface area contributed by atoms with Crippen molar-refractivity contribution in [1.29, 1.82) is 0 Å². The maximum Gasteiger partial charge on any atom is 0.337 e. The number of aromatic carboxylic acids is 1. The predicted molar refractivity (Wildman–Crippen MR) is 70.4 cm³/mol. The summed E-state index contributed by atoms with van der Waals surface area (Å²) >= 11 is 5.85. The molecule has 0 saturated carbocycles. The monoisotopic (exact) mass is 270 g/mol. The molecular weight excluding hydrogens is 256 g/mol. The number of halogens is 1. The third-order valence-corrected chi connectivity index (χ3v) is 2.71. The fraction of sp³-hybridized carbons (Fsp3) is 0.333. The van der Waals surface area contributed by atoms with Crippen molar-refractivity contribution < 1.29 is 14.7 Å². The van der Waals surface area contributed by atoms with Crippen molar-refractivity contribution in [3.63, 3.8) is 0 Å². The van der Waals surface area contributed by atoms with Crippen LogP contribution in [0.1, 0.15) is 10.4 Å². The summed E-state index contributed by atoms with van der Waals surface area (Å²) in [5.41, 5.74) is 0.540. The molecule has 0 heterocycles. The highest BCUT2D eigenvalue weighted by molar-refractivity contribution is 6.31. The van der Waals surface area contributed by atoms with Gasteiger partial charge >= 0.3 is 5.97 Å². The number of carbonyl (C=O) groups is 2. The van der Waals surface area contributed by atoms with E-state index in [2.05, 4.69) is 0 Å². The number of carboxylic acid groups (broad SMARTS) is 1. The molecule has 0 aliphatic heterocycles. The summed E-state index contributed by atoms with van der Waals surface area (Å²) in [5.74, 6) is -1.17. The third kappa shape index (κ3) is 3.37. The van der Waals surface area contributed by atoms with Crippen molar-refractivity contribution in [2.24, 2.45) is 0 Å². The highest BCUT2D eigenvalue weighted by atomic mass is 35.5. The first-order valence-corrected chi connectivity index (χ1v) is 5.65. The lowest BCUT2D eigenvalue weighted by Crippen LogP contribution is -2.35. The van der Waals surface area contributed by atoms with E-state index in [0.29, 0.717) is 10.7 Å². The lowest BCUT2D eigenvalue weighted by Gasteiger charge is -2.22. The number of likely N-dealkylation sites (N-methyl/N-ethyl adjacent to an activating group) is 2. The molecule has 1 rings (SSSR count). The molecule has 0 fully saturated rings. The summed E-state index contributed by atoms with van der Waals surface area (Å²) in [6, 6.07) is 4.47. The van der Waals surface area contributed by atoms with Gasteiger partial charge < -0.3 is 14.9 Å². The summed E-state index contributed by atoms with van der Waals surface area (Å²) in [6.07, 6.45) is 0. The average molecular weight is 271 g/mol. The minimum Gasteiger partial charge on any atom is -0.478 e. The zero-order valence-corrected chi connectivity index (χ0v) is 11.2. The molecular formula is C12H15ClN2O3. The molecule has 6 heteroatoms. The molecule has 0 unspecified atom stereocenters. The van der Waals surface area contributed by atoms with Crippen LogP contribution in [0.5, 0.6) is 0 Å². The predicted octanol–water partition coefficient (Wildman–Crippen LogP) is 1.56. The Balaban J connectivity index is 3.04. The molecule has 0 spiro atoms. The van der Waals surface area contributed by atoms with E-state index in [4.69, 9.17) is 16.7 Å². The van der Waals surface area contributed by atoms with Crippen LogP contribution in [0.25, 0.3) is 0 Å². The van der Waals surface area contributed by atoms with Crippen molar-refractivity contribution in [2.45, 2.75) is 0 Å². The summed E-state index contributed by atoms with van der Waals surface area (Å²) in [7, 11) is 4.94. The Morgan fingerprint density at radius 3 is 2.39 bits per heavy atom. The Bertz CT molecular complexity index is 474. The molecule has 0 aliphatic carbocycles. The number of carbonyl (C=O) groups excluding carboxylic acids is 1. The lowest BCUT2D eigenvalue weighted by atomic mass is 10.1. The standard InChI is InChI=1S/C12H15ClN2O3/c1-14(2)11(16)7-15(3)10-6-8(13)4-5-9(10)12(17)18/h4-6H,7H2,1-3H3,(H,17,18). The number of anilines is 1. The maximum atomic E-state index is 11.6. The van der Waals surface area contributed by atoms with Gasteiger partial charge in [0.25, 0.3) is 0 Å². The summed E-state index contributed by atoms with van der Waals surface area (Å²) < 4.78 is 0. The van der Waals surface area contributed by atoms with Crippen LogP contribution in [0, 0.1) is 0 Å². The molecule has 0 atom stereocenters. The van der Waals surface area contributed by atoms with Gasteiger partial charge in [0.15, 0.2) is 0 Å². The summed E-state index contributed by atoms with van der Waals surface area (Å²) in [4.78, 5) is 25.7. The van der Waals surface area contributed by atoms with Crippen LogP contribution in [0.15, 0.2) is 18.2 Å². The van der Waals surface area contributed by atoms with Crippen LogP contribution < -0.4 is 4.90 Å². The molecule has 1 aromatic carbocycles. The summed E-state index contributed by atoms with van der Waals surface area (Å²) in [5, 5.41) is 9.51. The number of carboxylic acids is 1. The van der Waals surface area contributed by atoms with Gasteiger partial charge in [-0.3, -0.25) is 4.79 Å². The Labute approximate surface area is 111 Å². The van der Waals surface area contributed by atoms with Gasteiger partial charge in [-0.15, -0.1) is 0 Å². The number of hydrogen-bond acceptors (Lipinski definition) is 3. The first-order valence-electron chi connectivity index (χ1n) is 5.27. The molecule has 0 saturated heterocycles. The van der Waals surface area contributed by atoms with Gasteiger partial charge in [-0.2, -0.15) is 0 Å². The lowest BCUT2D eigenvalue weighted by molar-refractivity contribution is -0.127. The fourth-order valence-corrected chi connectivity index (χ4v) is 1.60. The molecule has 0 aromatic heterocycles. The fourth-order valence-electron chi connectivity index (χ4n) is 1.43. The van der Waals surface area contributed by atoms with E-state index in [1.807, 2.05) is 0 Å². The molecule has 5 nitrogen and oxygen atoms in total. The van der Waals surface area contributed by atoms with Crippen LogP contribution >= 0.6 is 11.6 Å². The van der Waals surface area contributed by atoms with Gasteiger partial charge in [-0.25, -0.2) is 4.79 Å². The highest BCUT2D eigenvalue weighted by Crippen LogP contribution is 2.24. The second-order valence-corrected chi connectivity index (χ2v) is 4.55. The van der Waals surface area contributed by atoms with Gasteiger partial charge in [0, 0.05) is 26.2 Å². The van der Waals surface area contributed by atoms with Crippen LogP contribution in [0.3, 0.4) is 0 Å². The smallest absolute Gasteiger partial charge is 0.337 e. The first kappa shape index (κ1) is 14.3. The highest BCUT2D eigenvalue weighted by Gasteiger charge is 2.16. The molecule has 0 bridgehead atoms. The van der Waals surface area contributed by atoms with Crippen LogP contribution in [-0.2, 0) is 4.79 Å². The van der Waals surface area contributed by atoms with Gasteiger partial charge in [0.1, 0.15) is 0 Å². The molecule has 0 aliphatic rings. The third-order valence-electron chi connectivity index (χ3n) is 2.47. The molecule has 1 N–H and O–H groups in total. The van der Waals surface area contributed by atoms with Gasteiger partial charge in [0.05, 0.1) is 17.8 Å². The Kier molecular flexibility index (Phi) is 4.55. The minimum absolute atomic E-state index is 0.0909. The van der Waals surface area contributed by atoms with Crippen molar-refractivity contribution >= 4 is 29.2 Å². The van der Waals surface area contributed by atoms with Crippen molar-refractivity contribution in [3.05, 3.63) is 28.8 Å². The molecule has 1 amide bonds. The molecule has 98 valence electrons.